The second-order valence-corrected chi connectivity index (χ2v) is 3.25. The molecule has 60 valence electrons. The van der Waals surface area contributed by atoms with E-state index in [1.165, 1.54) is 6.33 Å². The van der Waals surface area contributed by atoms with Crippen molar-refractivity contribution in [3.63, 3.8) is 0 Å². The summed E-state index contributed by atoms with van der Waals surface area (Å²) in [6.45, 7) is 2.04. The molecular formula is C7H8FIN2. The van der Waals surface area contributed by atoms with Gasteiger partial charge in [-0.1, -0.05) is 13.3 Å². The summed E-state index contributed by atoms with van der Waals surface area (Å²) >= 11 is 1.93. The van der Waals surface area contributed by atoms with Gasteiger partial charge in [-0.2, -0.15) is 4.39 Å². The smallest absolute Gasteiger partial charge is 0.229 e. The minimum absolute atomic E-state index is 0.413. The molecule has 0 radical (unpaired) electrons. The van der Waals surface area contributed by atoms with E-state index in [1.807, 2.05) is 29.5 Å². The van der Waals surface area contributed by atoms with E-state index in [0.717, 1.165) is 18.5 Å². The lowest BCUT2D eigenvalue weighted by molar-refractivity contribution is 0.565. The van der Waals surface area contributed by atoms with Gasteiger partial charge in [0.05, 0.1) is 9.26 Å². The van der Waals surface area contributed by atoms with Crippen molar-refractivity contribution in [3.05, 3.63) is 21.5 Å². The predicted octanol–water partition coefficient (Wildman–Crippen LogP) is 2.17. The number of aromatic nitrogens is 2. The monoisotopic (exact) mass is 266 g/mol. The van der Waals surface area contributed by atoms with Crippen LogP contribution in [0.2, 0.25) is 0 Å². The Bertz CT molecular complexity index is 252. The summed E-state index contributed by atoms with van der Waals surface area (Å²) < 4.78 is 13.3. The van der Waals surface area contributed by atoms with Gasteiger partial charge >= 0.3 is 0 Å². The largest absolute Gasteiger partial charge is 0.240 e. The molecule has 0 fully saturated rings. The molecule has 0 saturated carbocycles. The number of hydrogen-bond donors (Lipinski definition) is 0. The second-order valence-electron chi connectivity index (χ2n) is 2.18. The number of rotatable bonds is 2. The van der Waals surface area contributed by atoms with E-state index in [-0.39, 0.29) is 0 Å². The van der Waals surface area contributed by atoms with Gasteiger partial charge < -0.3 is 0 Å². The third-order valence-electron chi connectivity index (χ3n) is 1.31. The van der Waals surface area contributed by atoms with E-state index < -0.39 is 5.95 Å². The van der Waals surface area contributed by atoms with Crippen molar-refractivity contribution < 1.29 is 4.39 Å². The molecule has 1 aromatic rings. The molecule has 0 unspecified atom stereocenters. The molecule has 0 aliphatic carbocycles. The number of hydrogen-bond acceptors (Lipinski definition) is 2. The Kier molecular flexibility index (Phi) is 3.16. The highest BCUT2D eigenvalue weighted by Gasteiger charge is 2.05. The minimum atomic E-state index is -0.413. The third kappa shape index (κ3) is 2.08. The molecule has 0 amide bonds. The van der Waals surface area contributed by atoms with E-state index in [9.17, 15) is 4.39 Å². The molecule has 0 aromatic carbocycles. The molecule has 1 aromatic heterocycles. The summed E-state index contributed by atoms with van der Waals surface area (Å²) in [5.74, 6) is -0.413. The maximum absolute atomic E-state index is 12.7. The Morgan fingerprint density at radius 3 is 2.91 bits per heavy atom. The van der Waals surface area contributed by atoms with Crippen LogP contribution in [-0.4, -0.2) is 9.97 Å². The van der Waals surface area contributed by atoms with Gasteiger partial charge in [-0.15, -0.1) is 0 Å². The molecule has 0 aliphatic heterocycles. The summed E-state index contributed by atoms with van der Waals surface area (Å²) in [6.07, 6.45) is 3.06. The summed E-state index contributed by atoms with van der Waals surface area (Å²) in [5.41, 5.74) is 0.806. The number of nitrogens with zero attached hydrogens (tertiary/aromatic N) is 2. The zero-order valence-corrected chi connectivity index (χ0v) is 8.30. The van der Waals surface area contributed by atoms with Crippen LogP contribution in [-0.2, 0) is 6.42 Å². The maximum Gasteiger partial charge on any atom is 0.229 e. The Morgan fingerprint density at radius 1 is 1.55 bits per heavy atom. The summed E-state index contributed by atoms with van der Waals surface area (Å²) in [6, 6.07) is 0. The normalized spacial score (nSPS) is 10.1. The summed E-state index contributed by atoms with van der Waals surface area (Å²) in [5, 5.41) is 0. The lowest BCUT2D eigenvalue weighted by Gasteiger charge is -1.99. The molecule has 0 bridgehead atoms. The average molecular weight is 266 g/mol. The SMILES string of the molecule is CCCc1ncnc(F)c1I. The van der Waals surface area contributed by atoms with Crippen molar-refractivity contribution in [3.8, 4) is 0 Å². The lowest BCUT2D eigenvalue weighted by Crippen LogP contribution is -1.98. The van der Waals surface area contributed by atoms with Crippen LogP contribution in [0.3, 0.4) is 0 Å². The van der Waals surface area contributed by atoms with Crippen molar-refractivity contribution in [2.24, 2.45) is 0 Å². The van der Waals surface area contributed by atoms with Gasteiger partial charge in [0, 0.05) is 0 Å². The first-order chi connectivity index (χ1) is 5.25. The van der Waals surface area contributed by atoms with Crippen LogP contribution in [0.1, 0.15) is 19.0 Å². The van der Waals surface area contributed by atoms with Crippen molar-refractivity contribution >= 4 is 22.6 Å². The third-order valence-corrected chi connectivity index (χ3v) is 2.37. The molecular weight excluding hydrogens is 258 g/mol. The molecule has 0 saturated heterocycles. The fourth-order valence-electron chi connectivity index (χ4n) is 0.793. The first-order valence-corrected chi connectivity index (χ1v) is 4.48. The zero-order chi connectivity index (χ0) is 8.27. The highest BCUT2D eigenvalue weighted by Crippen LogP contribution is 2.12. The van der Waals surface area contributed by atoms with Crippen molar-refractivity contribution in [1.29, 1.82) is 0 Å². The van der Waals surface area contributed by atoms with Crippen molar-refractivity contribution in [2.75, 3.05) is 0 Å². The molecule has 0 N–H and O–H groups in total. The Hall–Kier alpha value is -0.260. The van der Waals surface area contributed by atoms with Crippen molar-refractivity contribution in [2.45, 2.75) is 19.8 Å². The van der Waals surface area contributed by atoms with E-state index >= 15 is 0 Å². The highest BCUT2D eigenvalue weighted by atomic mass is 127. The van der Waals surface area contributed by atoms with Gasteiger partial charge in [-0.3, -0.25) is 0 Å². The van der Waals surface area contributed by atoms with Gasteiger partial charge in [-0.25, -0.2) is 9.97 Å². The van der Waals surface area contributed by atoms with Crippen LogP contribution >= 0.6 is 22.6 Å². The van der Waals surface area contributed by atoms with Crippen LogP contribution in [0.4, 0.5) is 4.39 Å². The molecule has 2 nitrogen and oxygen atoms in total. The van der Waals surface area contributed by atoms with Gasteiger partial charge in [0.1, 0.15) is 6.33 Å². The average Bonchev–Trinajstić information content (AvgIpc) is 1.99. The van der Waals surface area contributed by atoms with E-state index in [1.54, 1.807) is 0 Å². The van der Waals surface area contributed by atoms with E-state index in [4.69, 9.17) is 0 Å². The number of aryl methyl sites for hydroxylation is 1. The molecule has 4 heteroatoms. The molecule has 1 heterocycles. The van der Waals surface area contributed by atoms with Crippen LogP contribution in [0.15, 0.2) is 6.33 Å². The van der Waals surface area contributed by atoms with Gasteiger partial charge in [0.15, 0.2) is 0 Å². The minimum Gasteiger partial charge on any atom is -0.240 e. The Labute approximate surface area is 78.4 Å². The lowest BCUT2D eigenvalue weighted by atomic mass is 10.2. The van der Waals surface area contributed by atoms with Crippen LogP contribution < -0.4 is 0 Å². The Balaban J connectivity index is 2.96. The van der Waals surface area contributed by atoms with Gasteiger partial charge in [-0.05, 0) is 29.0 Å². The first-order valence-electron chi connectivity index (χ1n) is 3.40. The molecule has 1 rings (SSSR count). The fraction of sp³-hybridized carbons (Fsp3) is 0.429. The molecule has 0 aliphatic rings. The van der Waals surface area contributed by atoms with Crippen molar-refractivity contribution in [1.82, 2.24) is 9.97 Å². The van der Waals surface area contributed by atoms with Gasteiger partial charge in [0.2, 0.25) is 5.95 Å². The number of halogens is 2. The molecule has 0 atom stereocenters. The first kappa shape index (κ1) is 8.83. The van der Waals surface area contributed by atoms with Crippen LogP contribution in [0, 0.1) is 9.52 Å². The standard InChI is InChI=1S/C7H8FIN2/c1-2-3-5-6(9)7(8)11-4-10-5/h4H,2-3H2,1H3. The highest BCUT2D eigenvalue weighted by molar-refractivity contribution is 14.1. The maximum atomic E-state index is 12.7. The molecule has 11 heavy (non-hydrogen) atoms. The van der Waals surface area contributed by atoms with E-state index in [0.29, 0.717) is 3.57 Å². The van der Waals surface area contributed by atoms with Gasteiger partial charge in [0.25, 0.3) is 0 Å². The zero-order valence-electron chi connectivity index (χ0n) is 6.14. The summed E-state index contributed by atoms with van der Waals surface area (Å²) in [4.78, 5) is 7.41. The predicted molar refractivity (Wildman–Crippen MR) is 48.7 cm³/mol. The van der Waals surface area contributed by atoms with Crippen LogP contribution in [0.5, 0.6) is 0 Å². The topological polar surface area (TPSA) is 25.8 Å². The van der Waals surface area contributed by atoms with E-state index in [2.05, 4.69) is 9.97 Å². The second kappa shape index (κ2) is 3.94. The summed E-state index contributed by atoms with van der Waals surface area (Å²) in [7, 11) is 0. The molecule has 0 spiro atoms. The Morgan fingerprint density at radius 2 is 2.27 bits per heavy atom. The quantitative estimate of drug-likeness (QED) is 0.605. The fourth-order valence-corrected chi connectivity index (χ4v) is 1.34. The van der Waals surface area contributed by atoms with Crippen LogP contribution in [0.25, 0.3) is 0 Å².